The summed E-state index contributed by atoms with van der Waals surface area (Å²) in [5.74, 6) is -0.272. The van der Waals surface area contributed by atoms with E-state index in [2.05, 4.69) is 17.5 Å². The van der Waals surface area contributed by atoms with Crippen LogP contribution in [0.5, 0.6) is 0 Å². The van der Waals surface area contributed by atoms with Crippen LogP contribution in [0.4, 0.5) is 0 Å². The Balaban J connectivity index is 2.58. The zero-order valence-corrected chi connectivity index (χ0v) is 10.9. The zero-order valence-electron chi connectivity index (χ0n) is 10.2. The molecule has 0 radical (unpaired) electrons. The van der Waals surface area contributed by atoms with Crippen LogP contribution in [0.1, 0.15) is 43.5 Å². The fourth-order valence-corrected chi connectivity index (χ4v) is 1.56. The lowest BCUT2D eigenvalue weighted by Gasteiger charge is -2.03. The van der Waals surface area contributed by atoms with Crippen LogP contribution in [0.2, 0.25) is 5.02 Å². The first-order valence-electron chi connectivity index (χ1n) is 5.73. The third-order valence-corrected chi connectivity index (χ3v) is 2.69. The third kappa shape index (κ3) is 4.57. The lowest BCUT2D eigenvalue weighted by molar-refractivity contribution is 0.0955. The molecule has 0 aliphatic carbocycles. The van der Waals surface area contributed by atoms with Crippen molar-refractivity contribution in [1.29, 1.82) is 0 Å². The van der Waals surface area contributed by atoms with Gasteiger partial charge >= 0.3 is 0 Å². The fourth-order valence-electron chi connectivity index (χ4n) is 1.34. The number of nitrogens with one attached hydrogen (secondary N) is 1. The van der Waals surface area contributed by atoms with E-state index in [0.717, 1.165) is 25.0 Å². The predicted octanol–water partition coefficient (Wildman–Crippen LogP) is 3.64. The minimum absolute atomic E-state index is 0.272. The molecule has 1 N–H and O–H groups in total. The summed E-state index contributed by atoms with van der Waals surface area (Å²) in [5, 5.41) is 4.47. The van der Waals surface area contributed by atoms with E-state index in [1.165, 1.54) is 0 Å². The second-order valence-electron chi connectivity index (χ2n) is 3.87. The molecule has 0 heterocycles. The molecule has 0 fully saturated rings. The van der Waals surface area contributed by atoms with Crippen molar-refractivity contribution >= 4 is 23.2 Å². The van der Waals surface area contributed by atoms with Crippen LogP contribution in [0.15, 0.2) is 29.4 Å². The van der Waals surface area contributed by atoms with E-state index in [4.69, 9.17) is 11.6 Å². The van der Waals surface area contributed by atoms with Crippen LogP contribution in [0.3, 0.4) is 0 Å². The maximum absolute atomic E-state index is 11.7. The molecule has 1 rings (SSSR count). The standard InChI is InChI=1S/C13H17ClN2O/c1-3-4-7-10(2)15-16-13(17)11-8-5-6-9-12(11)14/h5-6,8-9H,3-4,7H2,1-2H3,(H,16,17)/b15-10-. The van der Waals surface area contributed by atoms with Crippen LogP contribution in [-0.2, 0) is 0 Å². The van der Waals surface area contributed by atoms with E-state index in [1.807, 2.05) is 6.92 Å². The number of carbonyl (C=O) groups excluding carboxylic acids is 1. The van der Waals surface area contributed by atoms with Gasteiger partial charge < -0.3 is 0 Å². The molecule has 4 heteroatoms. The van der Waals surface area contributed by atoms with Crippen LogP contribution in [-0.4, -0.2) is 11.6 Å². The SMILES string of the molecule is CCCC/C(C)=N\NC(=O)c1ccccc1Cl. The summed E-state index contributed by atoms with van der Waals surface area (Å²) in [6, 6.07) is 6.92. The normalized spacial score (nSPS) is 11.4. The summed E-state index contributed by atoms with van der Waals surface area (Å²) in [6.07, 6.45) is 3.10. The lowest BCUT2D eigenvalue weighted by atomic mass is 10.2. The number of rotatable bonds is 5. The number of hydrazone groups is 1. The van der Waals surface area contributed by atoms with Gasteiger partial charge in [0.25, 0.3) is 5.91 Å². The Bertz CT molecular complexity index is 416. The Hall–Kier alpha value is -1.35. The molecule has 0 saturated carbocycles. The number of unbranched alkanes of at least 4 members (excludes halogenated alkanes) is 1. The molecular weight excluding hydrogens is 236 g/mol. The van der Waals surface area contributed by atoms with Crippen LogP contribution >= 0.6 is 11.6 Å². The first-order valence-corrected chi connectivity index (χ1v) is 6.11. The molecule has 0 saturated heterocycles. The van der Waals surface area contributed by atoms with Crippen molar-refractivity contribution in [2.75, 3.05) is 0 Å². The van der Waals surface area contributed by atoms with Crippen LogP contribution < -0.4 is 5.43 Å². The number of halogens is 1. The predicted molar refractivity (Wildman–Crippen MR) is 71.6 cm³/mol. The second kappa shape index (κ2) is 7.07. The monoisotopic (exact) mass is 252 g/mol. The van der Waals surface area contributed by atoms with Crippen LogP contribution in [0.25, 0.3) is 0 Å². The van der Waals surface area contributed by atoms with Crippen molar-refractivity contribution < 1.29 is 4.79 Å². The smallest absolute Gasteiger partial charge is 0.267 e. The number of nitrogens with zero attached hydrogens (tertiary/aromatic N) is 1. The molecule has 0 unspecified atom stereocenters. The van der Waals surface area contributed by atoms with Crippen molar-refractivity contribution in [3.63, 3.8) is 0 Å². The van der Waals surface area contributed by atoms with E-state index in [0.29, 0.717) is 10.6 Å². The number of amides is 1. The molecule has 92 valence electrons. The second-order valence-corrected chi connectivity index (χ2v) is 4.28. The molecule has 1 aromatic rings. The number of hydrogen-bond acceptors (Lipinski definition) is 2. The van der Waals surface area contributed by atoms with Gasteiger partial charge in [-0.15, -0.1) is 0 Å². The van der Waals surface area contributed by atoms with E-state index in [-0.39, 0.29) is 5.91 Å². The average Bonchev–Trinajstić information content (AvgIpc) is 2.34. The molecular formula is C13H17ClN2O. The van der Waals surface area contributed by atoms with E-state index < -0.39 is 0 Å². The van der Waals surface area contributed by atoms with Crippen molar-refractivity contribution in [2.45, 2.75) is 33.1 Å². The summed E-state index contributed by atoms with van der Waals surface area (Å²) < 4.78 is 0. The van der Waals surface area contributed by atoms with Crippen molar-refractivity contribution in [2.24, 2.45) is 5.10 Å². The van der Waals surface area contributed by atoms with Crippen LogP contribution in [0, 0.1) is 0 Å². The molecule has 0 atom stereocenters. The molecule has 0 spiro atoms. The molecule has 0 aromatic heterocycles. The minimum Gasteiger partial charge on any atom is -0.267 e. The Morgan fingerprint density at radius 3 is 2.76 bits per heavy atom. The lowest BCUT2D eigenvalue weighted by Crippen LogP contribution is -2.19. The molecule has 1 amide bonds. The Morgan fingerprint density at radius 2 is 2.12 bits per heavy atom. The van der Waals surface area contributed by atoms with Crippen molar-refractivity contribution in [3.05, 3.63) is 34.9 Å². The fraction of sp³-hybridized carbons (Fsp3) is 0.385. The number of benzene rings is 1. The van der Waals surface area contributed by atoms with E-state index in [1.54, 1.807) is 24.3 Å². The highest BCUT2D eigenvalue weighted by atomic mass is 35.5. The van der Waals surface area contributed by atoms with Crippen molar-refractivity contribution in [3.8, 4) is 0 Å². The molecule has 0 aliphatic rings. The maximum Gasteiger partial charge on any atom is 0.272 e. The van der Waals surface area contributed by atoms with E-state index >= 15 is 0 Å². The Kier molecular flexibility index (Phi) is 5.70. The highest BCUT2D eigenvalue weighted by Gasteiger charge is 2.07. The summed E-state index contributed by atoms with van der Waals surface area (Å²) >= 11 is 5.91. The summed E-state index contributed by atoms with van der Waals surface area (Å²) in [5.41, 5.74) is 3.88. The molecule has 0 aliphatic heterocycles. The molecule has 1 aromatic carbocycles. The van der Waals surface area contributed by atoms with Gasteiger partial charge in [-0.1, -0.05) is 37.1 Å². The first kappa shape index (κ1) is 13.7. The summed E-state index contributed by atoms with van der Waals surface area (Å²) in [4.78, 5) is 11.7. The third-order valence-electron chi connectivity index (χ3n) is 2.36. The molecule has 17 heavy (non-hydrogen) atoms. The van der Waals surface area contributed by atoms with Crippen molar-refractivity contribution in [1.82, 2.24) is 5.43 Å². The quantitative estimate of drug-likeness (QED) is 0.631. The van der Waals surface area contributed by atoms with Gasteiger partial charge in [0.2, 0.25) is 0 Å². The highest BCUT2D eigenvalue weighted by molar-refractivity contribution is 6.33. The average molecular weight is 253 g/mol. The topological polar surface area (TPSA) is 41.5 Å². The van der Waals surface area contributed by atoms with Gasteiger partial charge in [0, 0.05) is 5.71 Å². The highest BCUT2D eigenvalue weighted by Crippen LogP contribution is 2.14. The molecule has 3 nitrogen and oxygen atoms in total. The van der Waals surface area contributed by atoms with E-state index in [9.17, 15) is 4.79 Å². The first-order chi connectivity index (χ1) is 8.15. The minimum atomic E-state index is -0.272. The Labute approximate surface area is 107 Å². The maximum atomic E-state index is 11.7. The summed E-state index contributed by atoms with van der Waals surface area (Å²) in [7, 11) is 0. The largest absolute Gasteiger partial charge is 0.272 e. The summed E-state index contributed by atoms with van der Waals surface area (Å²) in [6.45, 7) is 4.03. The zero-order chi connectivity index (χ0) is 12.7. The number of hydrogen-bond donors (Lipinski definition) is 1. The van der Waals surface area contributed by atoms with Gasteiger partial charge in [-0.2, -0.15) is 5.10 Å². The van der Waals surface area contributed by atoms with Gasteiger partial charge in [0.1, 0.15) is 0 Å². The number of carbonyl (C=O) groups is 1. The van der Waals surface area contributed by atoms with Gasteiger partial charge in [-0.25, -0.2) is 5.43 Å². The van der Waals surface area contributed by atoms with Gasteiger partial charge in [0.05, 0.1) is 10.6 Å². The Morgan fingerprint density at radius 1 is 1.41 bits per heavy atom. The molecule has 0 bridgehead atoms. The van der Waals surface area contributed by atoms with Gasteiger partial charge in [-0.05, 0) is 31.9 Å². The van der Waals surface area contributed by atoms with Gasteiger partial charge in [0.15, 0.2) is 0 Å². The van der Waals surface area contributed by atoms with Gasteiger partial charge in [-0.3, -0.25) is 4.79 Å².